The highest BCUT2D eigenvalue weighted by Crippen LogP contribution is 2.35. The van der Waals surface area contributed by atoms with E-state index in [4.69, 9.17) is 4.84 Å². The molecule has 1 N–H and O–H groups in total. The van der Waals surface area contributed by atoms with Crippen LogP contribution in [0.15, 0.2) is 30.6 Å². The van der Waals surface area contributed by atoms with E-state index < -0.39 is 35.7 Å². The Hall–Kier alpha value is -3.21. The number of amides is 2. The molecule has 0 radical (unpaired) electrons. The number of benzene rings is 1. The van der Waals surface area contributed by atoms with Gasteiger partial charge in [-0.15, -0.1) is 0 Å². The number of aromatic nitrogens is 2. The van der Waals surface area contributed by atoms with Crippen molar-refractivity contribution >= 4 is 17.6 Å². The minimum atomic E-state index is -1.52. The van der Waals surface area contributed by atoms with Crippen molar-refractivity contribution in [2.24, 2.45) is 5.92 Å². The molecule has 4 rings (SSSR count). The maximum atomic E-state index is 15.1. The molecule has 2 amide bonds. The molecule has 2 aliphatic heterocycles. The van der Waals surface area contributed by atoms with Gasteiger partial charge in [-0.3, -0.25) is 14.4 Å². The number of hydroxylamine groups is 2. The third kappa shape index (κ3) is 4.38. The number of alkyl halides is 1. The highest BCUT2D eigenvalue weighted by molar-refractivity contribution is 5.92. The Bertz CT molecular complexity index is 1000. The van der Waals surface area contributed by atoms with Crippen LogP contribution >= 0.6 is 0 Å². The van der Waals surface area contributed by atoms with Crippen LogP contribution in [0.3, 0.4) is 0 Å². The smallest absolute Gasteiger partial charge is 0.269 e. The minimum absolute atomic E-state index is 0.103. The predicted molar refractivity (Wildman–Crippen MR) is 107 cm³/mol. The number of anilines is 1. The van der Waals surface area contributed by atoms with Crippen LogP contribution in [0.5, 0.6) is 0 Å². The van der Waals surface area contributed by atoms with Crippen molar-refractivity contribution in [1.29, 1.82) is 0 Å². The van der Waals surface area contributed by atoms with Crippen molar-refractivity contribution in [2.75, 3.05) is 31.6 Å². The van der Waals surface area contributed by atoms with Gasteiger partial charge in [0.05, 0.1) is 25.1 Å². The summed E-state index contributed by atoms with van der Waals surface area (Å²) in [6, 6.07) is 3.83. The zero-order valence-corrected chi connectivity index (χ0v) is 17.3. The molecule has 3 atom stereocenters. The zero-order valence-electron chi connectivity index (χ0n) is 17.3. The molecule has 2 aliphatic rings. The standard InChI is InChI=1S/C21H22F3N5O3/c1-25-20(30)17-9-19(27-11-26-17)28-4-2-15(16(24)10-28)21(31)29-18(3-5-32-29)12-6-13(22)8-14(23)7-12/h6-9,11,15-16,18H,2-5,10H2,1H3,(H,25,30)/t15-,16+,18-/m0/s1. The average Bonchev–Trinajstić information content (AvgIpc) is 3.27. The van der Waals surface area contributed by atoms with Gasteiger partial charge in [-0.25, -0.2) is 28.2 Å². The molecule has 32 heavy (non-hydrogen) atoms. The molecule has 1 aromatic carbocycles. The van der Waals surface area contributed by atoms with Crippen molar-refractivity contribution < 1.29 is 27.6 Å². The number of carbonyl (C=O) groups is 2. The molecule has 2 aromatic rings. The van der Waals surface area contributed by atoms with E-state index in [1.54, 1.807) is 4.90 Å². The molecule has 0 spiro atoms. The average molecular weight is 449 g/mol. The minimum Gasteiger partial charge on any atom is -0.354 e. The van der Waals surface area contributed by atoms with Gasteiger partial charge in [0.1, 0.15) is 35.6 Å². The van der Waals surface area contributed by atoms with Crippen LogP contribution in [0.4, 0.5) is 19.0 Å². The summed E-state index contributed by atoms with van der Waals surface area (Å²) < 4.78 is 42.4. The predicted octanol–water partition coefficient (Wildman–Crippen LogP) is 2.18. The maximum absolute atomic E-state index is 15.1. The summed E-state index contributed by atoms with van der Waals surface area (Å²) in [5.41, 5.74) is 0.422. The monoisotopic (exact) mass is 449 g/mol. The molecule has 3 heterocycles. The van der Waals surface area contributed by atoms with Gasteiger partial charge in [-0.1, -0.05) is 0 Å². The van der Waals surface area contributed by atoms with Crippen LogP contribution in [0.1, 0.15) is 34.9 Å². The lowest BCUT2D eigenvalue weighted by Gasteiger charge is -2.36. The van der Waals surface area contributed by atoms with Crippen LogP contribution in [0.25, 0.3) is 0 Å². The van der Waals surface area contributed by atoms with Crippen LogP contribution in [0.2, 0.25) is 0 Å². The van der Waals surface area contributed by atoms with E-state index in [9.17, 15) is 18.4 Å². The Balaban J connectivity index is 1.46. The second-order valence-electron chi connectivity index (χ2n) is 7.70. The van der Waals surface area contributed by atoms with Gasteiger partial charge in [0, 0.05) is 32.1 Å². The zero-order chi connectivity index (χ0) is 22.8. The van der Waals surface area contributed by atoms with Crippen LogP contribution < -0.4 is 10.2 Å². The van der Waals surface area contributed by atoms with Crippen LogP contribution in [0, 0.1) is 17.6 Å². The number of hydrogen-bond acceptors (Lipinski definition) is 6. The number of rotatable bonds is 4. The molecule has 2 saturated heterocycles. The molecular formula is C21H22F3N5O3. The van der Waals surface area contributed by atoms with Crippen molar-refractivity contribution in [3.8, 4) is 0 Å². The number of nitrogens with one attached hydrogen (secondary N) is 1. The molecule has 0 unspecified atom stereocenters. The first kappa shape index (κ1) is 22.0. The van der Waals surface area contributed by atoms with E-state index in [-0.39, 0.29) is 36.7 Å². The van der Waals surface area contributed by atoms with Gasteiger partial charge in [0.25, 0.3) is 11.8 Å². The third-order valence-corrected chi connectivity index (χ3v) is 5.69. The first-order chi connectivity index (χ1) is 15.4. The van der Waals surface area contributed by atoms with Gasteiger partial charge >= 0.3 is 0 Å². The fourth-order valence-electron chi connectivity index (χ4n) is 4.08. The summed E-state index contributed by atoms with van der Waals surface area (Å²) in [6.45, 7) is 0.412. The fourth-order valence-corrected chi connectivity index (χ4v) is 4.08. The van der Waals surface area contributed by atoms with Crippen molar-refractivity contribution in [3.05, 3.63) is 53.5 Å². The number of carbonyl (C=O) groups excluding carboxylic acids is 2. The number of hydrogen-bond donors (Lipinski definition) is 1. The van der Waals surface area contributed by atoms with E-state index >= 15 is 4.39 Å². The van der Waals surface area contributed by atoms with E-state index in [0.29, 0.717) is 18.8 Å². The number of halogens is 3. The highest BCUT2D eigenvalue weighted by Gasteiger charge is 2.42. The highest BCUT2D eigenvalue weighted by atomic mass is 19.1. The lowest BCUT2D eigenvalue weighted by atomic mass is 9.92. The van der Waals surface area contributed by atoms with Crippen molar-refractivity contribution in [1.82, 2.24) is 20.3 Å². The Morgan fingerprint density at radius 2 is 1.88 bits per heavy atom. The summed E-state index contributed by atoms with van der Waals surface area (Å²) in [4.78, 5) is 39.9. The van der Waals surface area contributed by atoms with Gasteiger partial charge in [-0.2, -0.15) is 0 Å². The summed E-state index contributed by atoms with van der Waals surface area (Å²) in [5.74, 6) is -3.03. The van der Waals surface area contributed by atoms with E-state index in [1.807, 2.05) is 0 Å². The molecule has 8 nitrogen and oxygen atoms in total. The first-order valence-corrected chi connectivity index (χ1v) is 10.2. The second-order valence-corrected chi connectivity index (χ2v) is 7.70. The maximum Gasteiger partial charge on any atom is 0.269 e. The second kappa shape index (κ2) is 9.11. The van der Waals surface area contributed by atoms with E-state index in [1.165, 1.54) is 19.4 Å². The quantitative estimate of drug-likeness (QED) is 0.770. The Morgan fingerprint density at radius 1 is 1.12 bits per heavy atom. The molecule has 170 valence electrons. The van der Waals surface area contributed by atoms with Crippen LogP contribution in [-0.4, -0.2) is 59.8 Å². The molecule has 0 aliphatic carbocycles. The summed E-state index contributed by atoms with van der Waals surface area (Å²) in [5, 5.41) is 3.52. The third-order valence-electron chi connectivity index (χ3n) is 5.69. The number of nitrogens with zero attached hydrogens (tertiary/aromatic N) is 4. The first-order valence-electron chi connectivity index (χ1n) is 10.2. The Labute approximate surface area is 182 Å². The SMILES string of the molecule is CNC(=O)c1cc(N2CC[C@H](C(=O)N3OCC[C@H]3c3cc(F)cc(F)c3)[C@H](F)C2)ncn1. The molecule has 1 aromatic heterocycles. The van der Waals surface area contributed by atoms with Gasteiger partial charge in [0.2, 0.25) is 0 Å². The number of piperidine rings is 1. The lowest BCUT2D eigenvalue weighted by Crippen LogP contribution is -2.49. The Morgan fingerprint density at radius 3 is 2.56 bits per heavy atom. The van der Waals surface area contributed by atoms with E-state index in [0.717, 1.165) is 23.3 Å². The van der Waals surface area contributed by atoms with Gasteiger partial charge in [-0.05, 0) is 24.1 Å². The van der Waals surface area contributed by atoms with E-state index in [2.05, 4.69) is 15.3 Å². The summed E-state index contributed by atoms with van der Waals surface area (Å²) >= 11 is 0. The summed E-state index contributed by atoms with van der Waals surface area (Å²) in [6.07, 6.45) is 0.242. The normalized spacial score (nSPS) is 23.3. The Kier molecular flexibility index (Phi) is 6.26. The van der Waals surface area contributed by atoms with Crippen molar-refractivity contribution in [3.63, 3.8) is 0 Å². The van der Waals surface area contributed by atoms with Gasteiger partial charge < -0.3 is 10.2 Å². The molecule has 0 saturated carbocycles. The topological polar surface area (TPSA) is 87.7 Å². The lowest BCUT2D eigenvalue weighted by molar-refractivity contribution is -0.184. The van der Waals surface area contributed by atoms with Crippen LogP contribution in [-0.2, 0) is 9.63 Å². The van der Waals surface area contributed by atoms with Gasteiger partial charge in [0.15, 0.2) is 0 Å². The van der Waals surface area contributed by atoms with Crippen molar-refractivity contribution in [2.45, 2.75) is 25.1 Å². The largest absolute Gasteiger partial charge is 0.354 e. The molecule has 2 fully saturated rings. The molecular weight excluding hydrogens is 427 g/mol. The summed E-state index contributed by atoms with van der Waals surface area (Å²) in [7, 11) is 1.48. The molecule has 0 bridgehead atoms. The fraction of sp³-hybridized carbons (Fsp3) is 0.429. The molecule has 11 heteroatoms.